The number of hydrogen-bond acceptors (Lipinski definition) is 7. The van der Waals surface area contributed by atoms with Crippen molar-refractivity contribution in [3.8, 4) is 0 Å². The number of benzene rings is 2. The van der Waals surface area contributed by atoms with Gasteiger partial charge in [0.15, 0.2) is 0 Å². The van der Waals surface area contributed by atoms with E-state index in [4.69, 9.17) is 9.47 Å². The van der Waals surface area contributed by atoms with Crippen LogP contribution in [-0.2, 0) is 9.47 Å². The third-order valence-electron chi connectivity index (χ3n) is 5.02. The first kappa shape index (κ1) is 23.0. The highest BCUT2D eigenvalue weighted by molar-refractivity contribution is 6.09. The van der Waals surface area contributed by atoms with E-state index in [0.29, 0.717) is 17.1 Å². The van der Waals surface area contributed by atoms with Gasteiger partial charge >= 0.3 is 6.09 Å². The van der Waals surface area contributed by atoms with Gasteiger partial charge in [0.2, 0.25) is 0 Å². The Kier molecular flexibility index (Phi) is 7.98. The van der Waals surface area contributed by atoms with Crippen molar-refractivity contribution in [2.75, 3.05) is 48.9 Å². The number of ether oxygens (including phenoxy) is 2. The molecule has 0 spiro atoms. The summed E-state index contributed by atoms with van der Waals surface area (Å²) >= 11 is 0. The number of carbonyl (C=O) groups is 2. The molecule has 0 bridgehead atoms. The van der Waals surface area contributed by atoms with E-state index < -0.39 is 16.9 Å². The SMILES string of the molecule is COCCOC(=O)Nc1cccc(NC(=O)c2cc([N+](=O)[O-])ccc2N2CCCCC2)c1. The fourth-order valence-electron chi connectivity index (χ4n) is 3.47. The quantitative estimate of drug-likeness (QED) is 0.359. The number of piperidine rings is 1. The molecule has 2 N–H and O–H groups in total. The van der Waals surface area contributed by atoms with E-state index in [1.807, 2.05) is 0 Å². The number of hydrogen-bond donors (Lipinski definition) is 2. The van der Waals surface area contributed by atoms with Gasteiger partial charge in [-0.05, 0) is 43.5 Å². The minimum atomic E-state index is -0.642. The van der Waals surface area contributed by atoms with Crippen LogP contribution < -0.4 is 15.5 Å². The molecule has 3 rings (SSSR count). The molecule has 1 saturated heterocycles. The van der Waals surface area contributed by atoms with E-state index in [9.17, 15) is 19.7 Å². The number of nitro benzene ring substituents is 1. The Balaban J connectivity index is 1.76. The molecule has 0 radical (unpaired) electrons. The molecular weight excluding hydrogens is 416 g/mol. The first-order valence-corrected chi connectivity index (χ1v) is 10.4. The molecule has 1 heterocycles. The summed E-state index contributed by atoms with van der Waals surface area (Å²) in [6.45, 7) is 1.99. The monoisotopic (exact) mass is 442 g/mol. The van der Waals surface area contributed by atoms with Crippen molar-refractivity contribution < 1.29 is 24.0 Å². The Labute approximate surface area is 185 Å². The first-order chi connectivity index (χ1) is 15.5. The minimum absolute atomic E-state index is 0.116. The molecule has 0 aromatic heterocycles. The molecular formula is C22H26N4O6. The van der Waals surface area contributed by atoms with Crippen molar-refractivity contribution >= 4 is 34.7 Å². The highest BCUT2D eigenvalue weighted by Crippen LogP contribution is 2.29. The van der Waals surface area contributed by atoms with Crippen molar-refractivity contribution in [3.63, 3.8) is 0 Å². The molecule has 2 aromatic carbocycles. The summed E-state index contributed by atoms with van der Waals surface area (Å²) in [5.74, 6) is -0.464. The minimum Gasteiger partial charge on any atom is -0.447 e. The normalized spacial score (nSPS) is 13.3. The molecule has 2 amide bonds. The lowest BCUT2D eigenvalue weighted by Gasteiger charge is -2.30. The molecule has 0 atom stereocenters. The predicted octanol–water partition coefficient (Wildman–Crippen LogP) is 4.03. The van der Waals surface area contributed by atoms with Gasteiger partial charge in [-0.1, -0.05) is 6.07 Å². The Hall–Kier alpha value is -3.66. The smallest absolute Gasteiger partial charge is 0.411 e. The molecule has 2 aromatic rings. The van der Waals surface area contributed by atoms with Crippen LogP contribution in [0, 0.1) is 10.1 Å². The molecule has 10 nitrogen and oxygen atoms in total. The molecule has 1 fully saturated rings. The van der Waals surface area contributed by atoms with Crippen molar-refractivity contribution in [1.82, 2.24) is 0 Å². The number of anilines is 3. The third kappa shape index (κ3) is 6.17. The van der Waals surface area contributed by atoms with Crippen LogP contribution in [0.4, 0.5) is 27.5 Å². The van der Waals surface area contributed by atoms with Crippen LogP contribution in [0.15, 0.2) is 42.5 Å². The average molecular weight is 442 g/mol. The van der Waals surface area contributed by atoms with Crippen LogP contribution in [-0.4, -0.2) is 50.3 Å². The zero-order chi connectivity index (χ0) is 22.9. The summed E-state index contributed by atoms with van der Waals surface area (Å²) in [7, 11) is 1.51. The standard InChI is InChI=1S/C22H26N4O6/c1-31-12-13-32-22(28)24-17-7-5-6-16(14-17)23-21(27)19-15-18(26(29)30)8-9-20(19)25-10-3-2-4-11-25/h5-9,14-15H,2-4,10-13H2,1H3,(H,23,27)(H,24,28). The molecule has 1 aliphatic rings. The van der Waals surface area contributed by atoms with E-state index in [1.54, 1.807) is 30.3 Å². The van der Waals surface area contributed by atoms with Gasteiger partial charge in [0.05, 0.1) is 22.8 Å². The Morgan fingerprint density at radius 2 is 1.75 bits per heavy atom. The zero-order valence-corrected chi connectivity index (χ0v) is 17.8. The fraction of sp³-hybridized carbons (Fsp3) is 0.364. The molecule has 170 valence electrons. The van der Waals surface area contributed by atoms with Gasteiger partial charge in [0.1, 0.15) is 6.61 Å². The van der Waals surface area contributed by atoms with Crippen molar-refractivity contribution in [2.45, 2.75) is 19.3 Å². The average Bonchev–Trinajstić information content (AvgIpc) is 2.79. The molecule has 0 saturated carbocycles. The van der Waals surface area contributed by atoms with Crippen LogP contribution in [0.2, 0.25) is 0 Å². The maximum absolute atomic E-state index is 13.1. The van der Waals surface area contributed by atoms with Gasteiger partial charge in [0, 0.05) is 43.7 Å². The number of rotatable bonds is 8. The highest BCUT2D eigenvalue weighted by Gasteiger charge is 2.22. The van der Waals surface area contributed by atoms with Crippen molar-refractivity contribution in [3.05, 3.63) is 58.1 Å². The number of nitrogens with one attached hydrogen (secondary N) is 2. The van der Waals surface area contributed by atoms with E-state index in [1.165, 1.54) is 19.2 Å². The van der Waals surface area contributed by atoms with Gasteiger partial charge in [-0.2, -0.15) is 0 Å². The van der Waals surface area contributed by atoms with Gasteiger partial charge < -0.3 is 19.7 Å². The van der Waals surface area contributed by atoms with Crippen molar-refractivity contribution in [1.29, 1.82) is 0 Å². The summed E-state index contributed by atoms with van der Waals surface area (Å²) in [4.78, 5) is 37.7. The molecule has 10 heteroatoms. The fourth-order valence-corrected chi connectivity index (χ4v) is 3.47. The maximum atomic E-state index is 13.1. The van der Waals surface area contributed by atoms with Crippen LogP contribution in [0.3, 0.4) is 0 Å². The van der Waals surface area contributed by atoms with E-state index >= 15 is 0 Å². The first-order valence-electron chi connectivity index (χ1n) is 10.4. The second-order valence-corrected chi connectivity index (χ2v) is 7.29. The van der Waals surface area contributed by atoms with Gasteiger partial charge in [0.25, 0.3) is 11.6 Å². The number of nitro groups is 1. The zero-order valence-electron chi connectivity index (χ0n) is 17.8. The number of methoxy groups -OCH3 is 1. The third-order valence-corrected chi connectivity index (χ3v) is 5.02. The lowest BCUT2D eigenvalue weighted by molar-refractivity contribution is -0.384. The second-order valence-electron chi connectivity index (χ2n) is 7.29. The van der Waals surface area contributed by atoms with Crippen LogP contribution in [0.1, 0.15) is 29.6 Å². The molecule has 0 aliphatic carbocycles. The number of nitrogens with zero attached hydrogens (tertiary/aromatic N) is 2. The number of amides is 2. The van der Waals surface area contributed by atoms with E-state index in [2.05, 4.69) is 15.5 Å². The van der Waals surface area contributed by atoms with E-state index in [-0.39, 0.29) is 24.5 Å². The van der Waals surface area contributed by atoms with E-state index in [0.717, 1.165) is 32.4 Å². The summed E-state index contributed by atoms with van der Waals surface area (Å²) < 4.78 is 9.79. The summed E-state index contributed by atoms with van der Waals surface area (Å²) in [5.41, 5.74) is 1.62. The highest BCUT2D eigenvalue weighted by atomic mass is 16.6. The maximum Gasteiger partial charge on any atom is 0.411 e. The van der Waals surface area contributed by atoms with Gasteiger partial charge in [-0.25, -0.2) is 4.79 Å². The second kappa shape index (κ2) is 11.1. The van der Waals surface area contributed by atoms with Gasteiger partial charge in [-0.3, -0.25) is 20.2 Å². The predicted molar refractivity (Wildman–Crippen MR) is 120 cm³/mol. The molecule has 32 heavy (non-hydrogen) atoms. The lowest BCUT2D eigenvalue weighted by Crippen LogP contribution is -2.31. The largest absolute Gasteiger partial charge is 0.447 e. The topological polar surface area (TPSA) is 123 Å². The summed E-state index contributed by atoms with van der Waals surface area (Å²) in [6.07, 6.45) is 2.49. The summed E-state index contributed by atoms with van der Waals surface area (Å²) in [6, 6.07) is 10.9. The Bertz CT molecular complexity index is 975. The van der Waals surface area contributed by atoms with Crippen LogP contribution in [0.5, 0.6) is 0 Å². The van der Waals surface area contributed by atoms with Crippen LogP contribution in [0.25, 0.3) is 0 Å². The Morgan fingerprint density at radius 3 is 2.44 bits per heavy atom. The van der Waals surface area contributed by atoms with Gasteiger partial charge in [-0.15, -0.1) is 0 Å². The number of non-ortho nitro benzene ring substituents is 1. The Morgan fingerprint density at radius 1 is 1.03 bits per heavy atom. The lowest BCUT2D eigenvalue weighted by atomic mass is 10.1. The van der Waals surface area contributed by atoms with Crippen molar-refractivity contribution in [2.24, 2.45) is 0 Å². The molecule has 1 aliphatic heterocycles. The summed E-state index contributed by atoms with van der Waals surface area (Å²) in [5, 5.41) is 16.6. The molecule has 0 unspecified atom stereocenters. The number of carbonyl (C=O) groups excluding carboxylic acids is 2. The van der Waals surface area contributed by atoms with Crippen LogP contribution >= 0.6 is 0 Å².